The third-order valence-electron chi connectivity index (χ3n) is 2.55. The van der Waals surface area contributed by atoms with Crippen LogP contribution in [0.5, 0.6) is 0 Å². The van der Waals surface area contributed by atoms with Crippen molar-refractivity contribution in [3.8, 4) is 0 Å². The number of nitrogens with zero attached hydrogens (tertiary/aromatic N) is 1. The average molecular weight is 227 g/mol. The highest BCUT2D eigenvalue weighted by atomic mass is 15.1. The molecule has 1 heterocycles. The van der Waals surface area contributed by atoms with Gasteiger partial charge < -0.3 is 6.15 Å². The molecule has 0 saturated heterocycles. The SMILES string of the molecule is C=Cc1n[nH]c(C=C)c1Cc1ccccc1.N. The lowest BCUT2D eigenvalue weighted by atomic mass is 10.0. The molecule has 1 aromatic heterocycles. The number of hydrogen-bond acceptors (Lipinski definition) is 2. The van der Waals surface area contributed by atoms with Gasteiger partial charge in [0, 0.05) is 12.0 Å². The Bertz CT molecular complexity index is 472. The minimum absolute atomic E-state index is 0. The molecule has 0 aliphatic rings. The molecule has 0 aliphatic carbocycles. The molecule has 4 N–H and O–H groups in total. The first-order valence-electron chi connectivity index (χ1n) is 5.21. The van der Waals surface area contributed by atoms with Crippen molar-refractivity contribution in [3.63, 3.8) is 0 Å². The van der Waals surface area contributed by atoms with Gasteiger partial charge in [-0.2, -0.15) is 5.10 Å². The van der Waals surface area contributed by atoms with Gasteiger partial charge in [0.1, 0.15) is 0 Å². The van der Waals surface area contributed by atoms with Gasteiger partial charge in [0.15, 0.2) is 0 Å². The van der Waals surface area contributed by atoms with E-state index in [0.29, 0.717) is 0 Å². The third kappa shape index (κ3) is 2.71. The van der Waals surface area contributed by atoms with E-state index in [2.05, 4.69) is 35.5 Å². The lowest BCUT2D eigenvalue weighted by molar-refractivity contribution is 1.07. The zero-order valence-corrected chi connectivity index (χ0v) is 9.82. The standard InChI is InChI=1S/C14H14N2.H3N/c1-3-13-12(14(4-2)16-15-13)10-11-8-6-5-7-9-11;/h3-9H,1-2,10H2,(H,15,16);1H3. The Balaban J connectivity index is 0.00000144. The molecular weight excluding hydrogens is 210 g/mol. The van der Waals surface area contributed by atoms with Crippen molar-refractivity contribution in [2.24, 2.45) is 0 Å². The zero-order valence-electron chi connectivity index (χ0n) is 9.82. The van der Waals surface area contributed by atoms with E-state index < -0.39 is 0 Å². The van der Waals surface area contributed by atoms with E-state index in [0.717, 1.165) is 23.4 Å². The number of H-pyrrole nitrogens is 1. The minimum Gasteiger partial charge on any atom is -0.344 e. The molecule has 0 radical (unpaired) electrons. The van der Waals surface area contributed by atoms with Crippen molar-refractivity contribution in [1.29, 1.82) is 0 Å². The Morgan fingerprint density at radius 2 is 1.82 bits per heavy atom. The molecular formula is C14H17N3. The summed E-state index contributed by atoms with van der Waals surface area (Å²) >= 11 is 0. The second-order valence-corrected chi connectivity index (χ2v) is 3.57. The van der Waals surface area contributed by atoms with E-state index in [1.165, 1.54) is 5.56 Å². The third-order valence-corrected chi connectivity index (χ3v) is 2.55. The smallest absolute Gasteiger partial charge is 0.0884 e. The number of benzene rings is 1. The van der Waals surface area contributed by atoms with Gasteiger partial charge in [0.2, 0.25) is 0 Å². The van der Waals surface area contributed by atoms with Crippen LogP contribution in [0.25, 0.3) is 12.2 Å². The number of aromatic nitrogens is 2. The van der Waals surface area contributed by atoms with Crippen LogP contribution in [0.15, 0.2) is 43.5 Å². The van der Waals surface area contributed by atoms with Gasteiger partial charge in [-0.05, 0) is 17.7 Å². The normalized spacial score (nSPS) is 9.41. The van der Waals surface area contributed by atoms with Crippen LogP contribution in [0.2, 0.25) is 0 Å². The molecule has 0 fully saturated rings. The first-order chi connectivity index (χ1) is 7.85. The van der Waals surface area contributed by atoms with Gasteiger partial charge >= 0.3 is 0 Å². The van der Waals surface area contributed by atoms with Gasteiger partial charge in [0.25, 0.3) is 0 Å². The fourth-order valence-corrected chi connectivity index (χ4v) is 1.72. The highest BCUT2D eigenvalue weighted by Crippen LogP contribution is 2.18. The molecule has 0 atom stereocenters. The molecule has 88 valence electrons. The Labute approximate surface area is 101 Å². The predicted octanol–water partition coefficient (Wildman–Crippen LogP) is 3.45. The Morgan fingerprint density at radius 3 is 2.41 bits per heavy atom. The topological polar surface area (TPSA) is 63.7 Å². The summed E-state index contributed by atoms with van der Waals surface area (Å²) in [5, 5.41) is 7.14. The second-order valence-electron chi connectivity index (χ2n) is 3.57. The van der Waals surface area contributed by atoms with Crippen LogP contribution in [0.4, 0.5) is 0 Å². The molecule has 0 saturated carbocycles. The first-order valence-corrected chi connectivity index (χ1v) is 5.21. The quantitative estimate of drug-likeness (QED) is 0.840. The fourth-order valence-electron chi connectivity index (χ4n) is 1.72. The largest absolute Gasteiger partial charge is 0.344 e. The van der Waals surface area contributed by atoms with Crippen LogP contribution < -0.4 is 6.15 Å². The molecule has 1 aromatic carbocycles. The summed E-state index contributed by atoms with van der Waals surface area (Å²) in [6.07, 6.45) is 4.40. The highest BCUT2D eigenvalue weighted by Gasteiger charge is 2.08. The lowest BCUT2D eigenvalue weighted by Gasteiger charge is -2.01. The van der Waals surface area contributed by atoms with Gasteiger partial charge in [-0.25, -0.2) is 0 Å². The predicted molar refractivity (Wildman–Crippen MR) is 73.0 cm³/mol. The summed E-state index contributed by atoms with van der Waals surface area (Å²) in [6.45, 7) is 7.54. The first kappa shape index (κ1) is 12.9. The van der Waals surface area contributed by atoms with Crippen LogP contribution in [-0.2, 0) is 6.42 Å². The summed E-state index contributed by atoms with van der Waals surface area (Å²) in [5.74, 6) is 0. The highest BCUT2D eigenvalue weighted by molar-refractivity contribution is 5.58. The second kappa shape index (κ2) is 5.82. The van der Waals surface area contributed by atoms with Gasteiger partial charge in [-0.3, -0.25) is 5.10 Å². The van der Waals surface area contributed by atoms with Crippen molar-refractivity contribution in [2.45, 2.75) is 6.42 Å². The zero-order chi connectivity index (χ0) is 11.4. The molecule has 2 rings (SSSR count). The van der Waals surface area contributed by atoms with Crippen LogP contribution in [0.3, 0.4) is 0 Å². The average Bonchev–Trinajstić information content (AvgIpc) is 2.72. The van der Waals surface area contributed by atoms with E-state index in [9.17, 15) is 0 Å². The summed E-state index contributed by atoms with van der Waals surface area (Å²) in [5.41, 5.74) is 4.28. The molecule has 0 bridgehead atoms. The van der Waals surface area contributed by atoms with Crippen molar-refractivity contribution in [3.05, 3.63) is 66.0 Å². The van der Waals surface area contributed by atoms with Crippen LogP contribution in [-0.4, -0.2) is 10.2 Å². The van der Waals surface area contributed by atoms with Gasteiger partial charge in [0.05, 0.1) is 11.4 Å². The Hall–Kier alpha value is -2.13. The van der Waals surface area contributed by atoms with Crippen LogP contribution in [0, 0.1) is 0 Å². The molecule has 3 nitrogen and oxygen atoms in total. The Morgan fingerprint density at radius 1 is 1.12 bits per heavy atom. The van der Waals surface area contributed by atoms with E-state index in [1.54, 1.807) is 12.2 Å². The fraction of sp³-hybridized carbons (Fsp3) is 0.0714. The number of aromatic amines is 1. The van der Waals surface area contributed by atoms with Gasteiger partial charge in [-0.15, -0.1) is 0 Å². The number of hydrogen-bond donors (Lipinski definition) is 2. The lowest BCUT2D eigenvalue weighted by Crippen LogP contribution is -1.91. The molecule has 0 spiro atoms. The number of nitrogens with one attached hydrogen (secondary N) is 1. The molecule has 3 heteroatoms. The maximum absolute atomic E-state index is 4.19. The van der Waals surface area contributed by atoms with E-state index in [4.69, 9.17) is 0 Å². The molecule has 0 unspecified atom stereocenters. The minimum atomic E-state index is 0. The Kier molecular flexibility index (Phi) is 4.43. The van der Waals surface area contributed by atoms with Crippen molar-refractivity contribution in [1.82, 2.24) is 16.3 Å². The van der Waals surface area contributed by atoms with E-state index in [1.807, 2.05) is 18.2 Å². The maximum Gasteiger partial charge on any atom is 0.0884 e. The van der Waals surface area contributed by atoms with Crippen molar-refractivity contribution >= 4 is 12.2 Å². The van der Waals surface area contributed by atoms with Crippen molar-refractivity contribution < 1.29 is 0 Å². The molecule has 0 aliphatic heterocycles. The summed E-state index contributed by atoms with van der Waals surface area (Å²) in [6, 6.07) is 10.3. The summed E-state index contributed by atoms with van der Waals surface area (Å²) in [4.78, 5) is 0. The maximum atomic E-state index is 4.19. The molecule has 17 heavy (non-hydrogen) atoms. The van der Waals surface area contributed by atoms with Crippen LogP contribution in [0.1, 0.15) is 22.5 Å². The van der Waals surface area contributed by atoms with Crippen LogP contribution >= 0.6 is 0 Å². The summed E-state index contributed by atoms with van der Waals surface area (Å²) in [7, 11) is 0. The van der Waals surface area contributed by atoms with E-state index in [-0.39, 0.29) is 6.15 Å². The van der Waals surface area contributed by atoms with E-state index >= 15 is 0 Å². The number of rotatable bonds is 4. The van der Waals surface area contributed by atoms with Crippen molar-refractivity contribution in [2.75, 3.05) is 0 Å². The van der Waals surface area contributed by atoms with Gasteiger partial charge in [-0.1, -0.05) is 43.5 Å². The molecule has 2 aromatic rings. The molecule has 0 amide bonds. The summed E-state index contributed by atoms with van der Waals surface area (Å²) < 4.78 is 0. The monoisotopic (exact) mass is 227 g/mol.